The van der Waals surface area contributed by atoms with Gasteiger partial charge in [0, 0.05) is 12.4 Å². The zero-order chi connectivity index (χ0) is 15.1. The first-order chi connectivity index (χ1) is 10.0. The van der Waals surface area contributed by atoms with Gasteiger partial charge in [-0.3, -0.25) is 4.79 Å². The van der Waals surface area contributed by atoms with Crippen molar-refractivity contribution in [3.8, 4) is 5.75 Å². The maximum Gasteiger partial charge on any atom is 0.343 e. The molecule has 1 unspecified atom stereocenters. The van der Waals surface area contributed by atoms with E-state index in [0.717, 1.165) is 0 Å². The maximum absolute atomic E-state index is 12.5. The van der Waals surface area contributed by atoms with Crippen LogP contribution < -0.4 is 10.2 Å². The molecule has 0 fully saturated rings. The lowest BCUT2D eigenvalue weighted by atomic mass is 10.1. The summed E-state index contributed by atoms with van der Waals surface area (Å²) in [5.41, 5.74) is 0.128. The van der Waals surface area contributed by atoms with Gasteiger partial charge in [0.2, 0.25) is 5.43 Å². The van der Waals surface area contributed by atoms with Crippen LogP contribution in [0.2, 0.25) is 5.15 Å². The van der Waals surface area contributed by atoms with Gasteiger partial charge < -0.3 is 14.0 Å². The van der Waals surface area contributed by atoms with E-state index in [-0.39, 0.29) is 23.4 Å². The lowest BCUT2D eigenvalue weighted by molar-refractivity contribution is 0.0523. The van der Waals surface area contributed by atoms with Crippen LogP contribution in [0.1, 0.15) is 30.2 Å². The first-order valence-corrected chi connectivity index (χ1v) is 6.95. The van der Waals surface area contributed by atoms with Gasteiger partial charge in [0.1, 0.15) is 12.2 Å². The highest BCUT2D eigenvalue weighted by Gasteiger charge is 2.26. The fourth-order valence-electron chi connectivity index (χ4n) is 2.40. The van der Waals surface area contributed by atoms with Crippen molar-refractivity contribution < 1.29 is 14.3 Å². The molecule has 7 heteroatoms. The third kappa shape index (κ3) is 2.06. The molecule has 3 heterocycles. The Labute approximate surface area is 125 Å². The molecule has 0 saturated carbocycles. The summed E-state index contributed by atoms with van der Waals surface area (Å²) in [6.07, 6.45) is 2.87. The molecule has 0 radical (unpaired) electrons. The van der Waals surface area contributed by atoms with Crippen molar-refractivity contribution in [3.05, 3.63) is 33.3 Å². The van der Waals surface area contributed by atoms with Crippen LogP contribution in [0, 0.1) is 0 Å². The number of halogens is 1. The molecule has 6 nitrogen and oxygen atoms in total. The normalized spacial score (nSPS) is 16.6. The minimum absolute atomic E-state index is 0.00632. The largest absolute Gasteiger partial charge is 0.486 e. The molecule has 0 spiro atoms. The Morgan fingerprint density at radius 1 is 1.62 bits per heavy atom. The van der Waals surface area contributed by atoms with Crippen molar-refractivity contribution in [1.82, 2.24) is 9.55 Å². The number of aromatic nitrogens is 2. The summed E-state index contributed by atoms with van der Waals surface area (Å²) >= 11 is 6.02. The Hall–Kier alpha value is -2.08. The fourth-order valence-corrected chi connectivity index (χ4v) is 2.60. The van der Waals surface area contributed by atoms with E-state index in [4.69, 9.17) is 21.1 Å². The molecule has 0 saturated heterocycles. The summed E-state index contributed by atoms with van der Waals surface area (Å²) in [5.74, 6) is -0.261. The van der Waals surface area contributed by atoms with Crippen molar-refractivity contribution in [2.75, 3.05) is 13.2 Å². The Bertz CT molecular complexity index is 800. The fraction of sp³-hybridized carbons (Fsp3) is 0.357. The summed E-state index contributed by atoms with van der Waals surface area (Å²) in [5, 5.41) is 0.498. The van der Waals surface area contributed by atoms with E-state index in [0.29, 0.717) is 23.3 Å². The maximum atomic E-state index is 12.5. The summed E-state index contributed by atoms with van der Waals surface area (Å²) < 4.78 is 12.3. The summed E-state index contributed by atoms with van der Waals surface area (Å²) in [7, 11) is 0. The van der Waals surface area contributed by atoms with Crippen molar-refractivity contribution in [2.24, 2.45) is 0 Å². The monoisotopic (exact) mass is 308 g/mol. The topological polar surface area (TPSA) is 70.4 Å². The van der Waals surface area contributed by atoms with Gasteiger partial charge in [-0.2, -0.15) is 0 Å². The molecule has 1 aliphatic heterocycles. The number of pyridine rings is 2. The van der Waals surface area contributed by atoms with Crippen LogP contribution in [0.4, 0.5) is 0 Å². The SMILES string of the molecule is CCOC(=O)c1cn2c3c(c(Cl)ncc3c1=O)OCC2C. The first-order valence-electron chi connectivity index (χ1n) is 6.57. The van der Waals surface area contributed by atoms with Crippen LogP contribution in [-0.2, 0) is 4.74 Å². The molecule has 0 aromatic carbocycles. The number of esters is 1. The predicted octanol–water partition coefficient (Wildman–Crippen LogP) is 2.18. The molecule has 0 aliphatic carbocycles. The molecule has 21 heavy (non-hydrogen) atoms. The van der Waals surface area contributed by atoms with Gasteiger partial charge in [-0.25, -0.2) is 9.78 Å². The standard InChI is InChI=1S/C14H13ClN2O4/c1-3-20-14(19)9-5-17-7(2)6-21-12-10(17)8(11(9)18)4-16-13(12)15/h4-5,7H,3,6H2,1-2H3. The van der Waals surface area contributed by atoms with Crippen LogP contribution >= 0.6 is 11.6 Å². The Morgan fingerprint density at radius 3 is 3.10 bits per heavy atom. The highest BCUT2D eigenvalue weighted by Crippen LogP contribution is 2.35. The van der Waals surface area contributed by atoms with Crippen molar-refractivity contribution in [1.29, 1.82) is 0 Å². The molecule has 1 atom stereocenters. The van der Waals surface area contributed by atoms with Crippen molar-refractivity contribution >= 4 is 28.5 Å². The molecule has 0 bridgehead atoms. The van der Waals surface area contributed by atoms with Crippen LogP contribution in [-0.4, -0.2) is 28.7 Å². The number of carbonyl (C=O) groups is 1. The van der Waals surface area contributed by atoms with Gasteiger partial charge >= 0.3 is 5.97 Å². The molecule has 2 aromatic rings. The summed E-state index contributed by atoms with van der Waals surface area (Å²) in [4.78, 5) is 28.4. The van der Waals surface area contributed by atoms with E-state index in [9.17, 15) is 9.59 Å². The van der Waals surface area contributed by atoms with Gasteiger partial charge in [0.05, 0.1) is 23.6 Å². The first kappa shape index (κ1) is 13.9. The highest BCUT2D eigenvalue weighted by atomic mass is 35.5. The van der Waals surface area contributed by atoms with E-state index in [1.807, 2.05) is 11.5 Å². The number of ether oxygens (including phenoxy) is 2. The smallest absolute Gasteiger partial charge is 0.343 e. The second-order valence-corrected chi connectivity index (χ2v) is 5.16. The predicted molar refractivity (Wildman–Crippen MR) is 77.2 cm³/mol. The number of hydrogen-bond donors (Lipinski definition) is 0. The Morgan fingerprint density at radius 2 is 2.38 bits per heavy atom. The minimum atomic E-state index is -0.636. The second-order valence-electron chi connectivity index (χ2n) is 4.80. The zero-order valence-electron chi connectivity index (χ0n) is 11.6. The van der Waals surface area contributed by atoms with Crippen molar-refractivity contribution in [2.45, 2.75) is 19.9 Å². The Kier molecular flexibility index (Phi) is 3.33. The van der Waals surface area contributed by atoms with Gasteiger partial charge in [0.25, 0.3) is 0 Å². The zero-order valence-corrected chi connectivity index (χ0v) is 12.3. The van der Waals surface area contributed by atoms with E-state index in [2.05, 4.69) is 4.98 Å². The Balaban J connectivity index is 2.37. The molecule has 2 aromatic heterocycles. The number of nitrogens with zero attached hydrogens (tertiary/aromatic N) is 2. The third-order valence-electron chi connectivity index (χ3n) is 3.42. The molecule has 0 N–H and O–H groups in total. The molecule has 1 aliphatic rings. The molecule has 110 valence electrons. The molecular weight excluding hydrogens is 296 g/mol. The van der Waals surface area contributed by atoms with Gasteiger partial charge in [-0.1, -0.05) is 11.6 Å². The number of hydrogen-bond acceptors (Lipinski definition) is 5. The molecular formula is C14H13ClN2O4. The highest BCUT2D eigenvalue weighted by molar-refractivity contribution is 6.31. The van der Waals surface area contributed by atoms with E-state index < -0.39 is 11.4 Å². The molecule has 0 amide bonds. The van der Waals surface area contributed by atoms with Crippen LogP contribution in [0.5, 0.6) is 5.75 Å². The average Bonchev–Trinajstić information content (AvgIpc) is 2.46. The van der Waals surface area contributed by atoms with E-state index in [1.54, 1.807) is 6.92 Å². The van der Waals surface area contributed by atoms with Crippen LogP contribution in [0.3, 0.4) is 0 Å². The van der Waals surface area contributed by atoms with Gasteiger partial charge in [-0.05, 0) is 13.8 Å². The average molecular weight is 309 g/mol. The van der Waals surface area contributed by atoms with Crippen LogP contribution in [0.25, 0.3) is 10.9 Å². The van der Waals surface area contributed by atoms with E-state index in [1.165, 1.54) is 12.4 Å². The molecule has 3 rings (SSSR count). The summed E-state index contributed by atoms with van der Waals surface area (Å²) in [6.45, 7) is 4.21. The van der Waals surface area contributed by atoms with Gasteiger partial charge in [0.15, 0.2) is 10.9 Å². The summed E-state index contributed by atoms with van der Waals surface area (Å²) in [6, 6.07) is -0.0350. The lowest BCUT2D eigenvalue weighted by Crippen LogP contribution is -2.27. The van der Waals surface area contributed by atoms with Crippen LogP contribution in [0.15, 0.2) is 17.2 Å². The minimum Gasteiger partial charge on any atom is -0.486 e. The second kappa shape index (κ2) is 5.04. The van der Waals surface area contributed by atoms with E-state index >= 15 is 0 Å². The van der Waals surface area contributed by atoms with Gasteiger partial charge in [-0.15, -0.1) is 0 Å². The third-order valence-corrected chi connectivity index (χ3v) is 3.69. The number of rotatable bonds is 2. The lowest BCUT2D eigenvalue weighted by Gasteiger charge is -2.26. The van der Waals surface area contributed by atoms with Crippen molar-refractivity contribution in [3.63, 3.8) is 0 Å². The quantitative estimate of drug-likeness (QED) is 0.628. The number of carbonyl (C=O) groups excluding carboxylic acids is 1.